The van der Waals surface area contributed by atoms with Crippen LogP contribution in [0.1, 0.15) is 0 Å². The van der Waals surface area contributed by atoms with Crippen LogP contribution in [0.25, 0.3) is 22.3 Å². The van der Waals surface area contributed by atoms with Gasteiger partial charge >= 0.3 is 23.9 Å². The number of rotatable bonds is 18. The molecule has 0 aromatic heterocycles. The van der Waals surface area contributed by atoms with Crippen LogP contribution in [-0.2, 0) is 38.1 Å². The van der Waals surface area contributed by atoms with Gasteiger partial charge in [-0.3, -0.25) is 0 Å². The average Bonchev–Trinajstić information content (AvgIpc) is 3.09. The zero-order valence-corrected chi connectivity index (χ0v) is 28.3. The summed E-state index contributed by atoms with van der Waals surface area (Å²) in [7, 11) is 5.69. The average molecular weight is 687 g/mol. The molecule has 0 spiro atoms. The zero-order valence-electron chi connectivity index (χ0n) is 28.3. The van der Waals surface area contributed by atoms with Crippen molar-refractivity contribution in [1.29, 1.82) is 0 Å². The van der Waals surface area contributed by atoms with Crippen LogP contribution in [0, 0.1) is 0 Å². The van der Waals surface area contributed by atoms with Crippen LogP contribution >= 0.6 is 0 Å². The summed E-state index contributed by atoms with van der Waals surface area (Å²) in [6, 6.07) is 15.6. The van der Waals surface area contributed by atoms with Crippen molar-refractivity contribution in [3.63, 3.8) is 0 Å². The molecule has 0 saturated heterocycles. The van der Waals surface area contributed by atoms with E-state index in [4.69, 9.17) is 37.9 Å². The van der Waals surface area contributed by atoms with Gasteiger partial charge in [0.1, 0.15) is 23.0 Å². The Labute approximate surface area is 290 Å². The van der Waals surface area contributed by atoms with E-state index in [0.29, 0.717) is 22.3 Å². The minimum Gasteiger partial charge on any atom is -0.423 e. The molecule has 0 aliphatic heterocycles. The lowest BCUT2D eigenvalue weighted by molar-refractivity contribution is -0.131. The van der Waals surface area contributed by atoms with Gasteiger partial charge in [-0.05, 0) is 47.5 Å². The van der Waals surface area contributed by atoms with Crippen molar-refractivity contribution in [2.75, 3.05) is 54.9 Å². The first kappa shape index (κ1) is 38.8. The smallest absolute Gasteiger partial charge is 0.341 e. The fraction of sp³-hybridized carbons (Fsp3) is 0.211. The third-order valence-electron chi connectivity index (χ3n) is 6.67. The van der Waals surface area contributed by atoms with Gasteiger partial charge in [-0.2, -0.15) is 0 Å². The topological polar surface area (TPSA) is 142 Å². The molecule has 0 heterocycles. The van der Waals surface area contributed by atoms with Crippen LogP contribution < -0.4 is 18.9 Å². The summed E-state index contributed by atoms with van der Waals surface area (Å²) in [6.07, 6.45) is 0. The highest BCUT2D eigenvalue weighted by Gasteiger charge is 2.22. The van der Waals surface area contributed by atoms with Gasteiger partial charge in [-0.15, -0.1) is 0 Å². The minimum atomic E-state index is -0.766. The first-order chi connectivity index (χ1) is 23.9. The number of methoxy groups -OCH3 is 4. The molecular formula is C38H38O12. The number of hydrogen-bond acceptors (Lipinski definition) is 12. The highest BCUT2D eigenvalue weighted by molar-refractivity contribution is 5.95. The van der Waals surface area contributed by atoms with Crippen LogP contribution in [0.15, 0.2) is 109 Å². The Morgan fingerprint density at radius 3 is 0.960 bits per heavy atom. The van der Waals surface area contributed by atoms with Gasteiger partial charge in [-0.1, -0.05) is 50.6 Å². The molecule has 0 fully saturated rings. The SMILES string of the molecule is C=C(COC)C(=O)Oc1ccc(-c2cc(OC(=O)C(=C)COC)c(-c3ccc(OC(=O)C(=C)COC)cc3)cc2OC(=O)C(=C)COC)cc1. The molecule has 12 heteroatoms. The summed E-state index contributed by atoms with van der Waals surface area (Å²) in [5.41, 5.74) is 2.01. The van der Waals surface area contributed by atoms with Crippen LogP contribution in [0.3, 0.4) is 0 Å². The van der Waals surface area contributed by atoms with E-state index in [0.717, 1.165) is 0 Å². The molecule has 0 aliphatic rings. The van der Waals surface area contributed by atoms with E-state index >= 15 is 0 Å². The summed E-state index contributed by atoms with van der Waals surface area (Å²) >= 11 is 0. The van der Waals surface area contributed by atoms with Crippen LogP contribution in [0.2, 0.25) is 0 Å². The van der Waals surface area contributed by atoms with Crippen LogP contribution in [0.4, 0.5) is 0 Å². The standard InChI is InChI=1S/C38H38O12/c1-23(19-43-5)35(39)47-29-13-9-27(10-14-29)31-17-34(50-38(42)26(4)22-46-8)32(18-33(31)49-37(41)25(3)21-45-7)28-11-15-30(16-12-28)48-36(40)24(2)20-44-6/h9-18H,1-4,19-22H2,5-8H3. The summed E-state index contributed by atoms with van der Waals surface area (Å²) in [4.78, 5) is 50.7. The van der Waals surface area contributed by atoms with Gasteiger partial charge in [0.2, 0.25) is 0 Å². The first-order valence-electron chi connectivity index (χ1n) is 14.9. The van der Waals surface area contributed by atoms with Crippen molar-refractivity contribution in [1.82, 2.24) is 0 Å². The third kappa shape index (κ3) is 10.7. The monoisotopic (exact) mass is 686 g/mol. The minimum absolute atomic E-state index is 0.00265. The number of benzene rings is 3. The Kier molecular flexibility index (Phi) is 14.6. The van der Waals surface area contributed by atoms with Gasteiger partial charge in [0.25, 0.3) is 0 Å². The van der Waals surface area contributed by atoms with E-state index < -0.39 is 23.9 Å². The zero-order chi connectivity index (χ0) is 36.8. The molecular weight excluding hydrogens is 648 g/mol. The predicted octanol–water partition coefficient (Wildman–Crippen LogP) is 5.45. The molecule has 0 amide bonds. The highest BCUT2D eigenvalue weighted by atomic mass is 16.6. The number of esters is 4. The van der Waals surface area contributed by atoms with E-state index in [9.17, 15) is 19.2 Å². The van der Waals surface area contributed by atoms with Crippen molar-refractivity contribution in [2.24, 2.45) is 0 Å². The lowest BCUT2D eigenvalue weighted by Gasteiger charge is -2.18. The second-order valence-corrected chi connectivity index (χ2v) is 10.6. The fourth-order valence-corrected chi connectivity index (χ4v) is 4.22. The highest BCUT2D eigenvalue weighted by Crippen LogP contribution is 2.42. The van der Waals surface area contributed by atoms with Crippen LogP contribution in [-0.4, -0.2) is 78.7 Å². The Morgan fingerprint density at radius 1 is 0.440 bits per heavy atom. The maximum absolute atomic E-state index is 13.0. The summed E-state index contributed by atoms with van der Waals surface area (Å²) in [6.45, 7) is 14.6. The van der Waals surface area contributed by atoms with Crippen molar-refractivity contribution in [3.8, 4) is 45.3 Å². The van der Waals surface area contributed by atoms with E-state index in [-0.39, 0.29) is 71.7 Å². The molecule has 262 valence electrons. The molecule has 0 unspecified atom stereocenters. The van der Waals surface area contributed by atoms with Crippen molar-refractivity contribution >= 4 is 23.9 Å². The molecule has 0 bridgehead atoms. The Balaban J connectivity index is 2.14. The molecule has 50 heavy (non-hydrogen) atoms. The fourth-order valence-electron chi connectivity index (χ4n) is 4.22. The normalized spacial score (nSPS) is 10.5. The quantitative estimate of drug-likeness (QED) is 0.0954. The third-order valence-corrected chi connectivity index (χ3v) is 6.67. The maximum atomic E-state index is 13.0. The molecule has 0 N–H and O–H groups in total. The van der Waals surface area contributed by atoms with Gasteiger partial charge in [0.15, 0.2) is 0 Å². The largest absolute Gasteiger partial charge is 0.423 e. The van der Waals surface area contributed by atoms with Gasteiger partial charge < -0.3 is 37.9 Å². The van der Waals surface area contributed by atoms with Crippen LogP contribution in [0.5, 0.6) is 23.0 Å². The number of carbonyl (C=O) groups is 4. The second-order valence-electron chi connectivity index (χ2n) is 10.6. The Morgan fingerprint density at radius 2 is 0.700 bits per heavy atom. The van der Waals surface area contributed by atoms with Gasteiger partial charge in [0.05, 0.1) is 48.7 Å². The van der Waals surface area contributed by atoms with Crippen molar-refractivity contribution < 1.29 is 57.1 Å². The molecule has 3 rings (SSSR count). The van der Waals surface area contributed by atoms with E-state index in [2.05, 4.69) is 26.3 Å². The van der Waals surface area contributed by atoms with Crippen molar-refractivity contribution in [3.05, 3.63) is 109 Å². The predicted molar refractivity (Wildman–Crippen MR) is 184 cm³/mol. The maximum Gasteiger partial charge on any atom is 0.341 e. The molecule has 0 saturated carbocycles. The Hall–Kier alpha value is -5.66. The molecule has 0 aliphatic carbocycles. The summed E-state index contributed by atoms with van der Waals surface area (Å²) in [5.74, 6) is -2.29. The molecule has 3 aromatic carbocycles. The lowest BCUT2D eigenvalue weighted by Crippen LogP contribution is -2.16. The van der Waals surface area contributed by atoms with Crippen molar-refractivity contribution in [2.45, 2.75) is 0 Å². The number of hydrogen-bond donors (Lipinski definition) is 0. The number of ether oxygens (including phenoxy) is 8. The van der Waals surface area contributed by atoms with E-state index in [1.807, 2.05) is 0 Å². The van der Waals surface area contributed by atoms with E-state index in [1.165, 1.54) is 64.8 Å². The Bertz CT molecular complexity index is 1640. The van der Waals surface area contributed by atoms with E-state index in [1.54, 1.807) is 24.3 Å². The number of carbonyl (C=O) groups excluding carboxylic acids is 4. The van der Waals surface area contributed by atoms with Gasteiger partial charge in [-0.25, -0.2) is 19.2 Å². The lowest BCUT2D eigenvalue weighted by atomic mass is 9.97. The second kappa shape index (κ2) is 18.8. The summed E-state index contributed by atoms with van der Waals surface area (Å²) < 4.78 is 42.3. The molecule has 0 radical (unpaired) electrons. The first-order valence-corrected chi connectivity index (χ1v) is 14.9. The summed E-state index contributed by atoms with van der Waals surface area (Å²) in [5, 5.41) is 0. The molecule has 0 atom stereocenters. The molecule has 3 aromatic rings. The molecule has 12 nitrogen and oxygen atoms in total. The van der Waals surface area contributed by atoms with Gasteiger partial charge in [0, 0.05) is 39.6 Å².